The fourth-order valence-corrected chi connectivity index (χ4v) is 5.46. The van der Waals surface area contributed by atoms with Crippen molar-refractivity contribution in [3.05, 3.63) is 119 Å². The number of amides is 3. The Balaban J connectivity index is 1.37. The predicted molar refractivity (Wildman–Crippen MR) is 170 cm³/mol. The van der Waals surface area contributed by atoms with Crippen molar-refractivity contribution in [2.45, 2.75) is 24.7 Å². The Bertz CT molecular complexity index is 1670. The number of methoxy groups -OCH3 is 2. The van der Waals surface area contributed by atoms with Crippen molar-refractivity contribution in [1.29, 1.82) is 0 Å². The average Bonchev–Trinajstić information content (AvgIpc) is 3.25. The number of hydrogen-bond acceptors (Lipinski definition) is 7. The van der Waals surface area contributed by atoms with Crippen LogP contribution in [0.1, 0.15) is 17.5 Å². The van der Waals surface area contributed by atoms with Crippen LogP contribution in [-0.4, -0.2) is 31.9 Å². The fraction of sp³-hybridized carbons (Fsp3) is 0.147. The van der Waals surface area contributed by atoms with E-state index in [4.69, 9.17) is 9.47 Å². The van der Waals surface area contributed by atoms with Crippen LogP contribution < -0.4 is 25.0 Å². The third-order valence-electron chi connectivity index (χ3n) is 6.83. The Labute approximate surface area is 254 Å². The van der Waals surface area contributed by atoms with Crippen LogP contribution in [0.5, 0.6) is 11.5 Å². The van der Waals surface area contributed by atoms with Gasteiger partial charge in [0.25, 0.3) is 11.8 Å². The number of benzene rings is 4. The summed E-state index contributed by atoms with van der Waals surface area (Å²) in [6.45, 7) is 1.97. The Kier molecular flexibility index (Phi) is 9.12. The zero-order chi connectivity index (χ0) is 30.3. The highest BCUT2D eigenvalue weighted by atomic mass is 32.2. The van der Waals surface area contributed by atoms with E-state index < -0.39 is 11.8 Å². The molecule has 0 spiro atoms. The number of aryl methyl sites for hydroxylation is 2. The maximum absolute atomic E-state index is 13.8. The number of nitrogens with zero attached hydrogens (tertiary/aromatic N) is 1. The second-order valence-corrected chi connectivity index (χ2v) is 10.9. The molecule has 0 aromatic heterocycles. The van der Waals surface area contributed by atoms with Crippen molar-refractivity contribution in [2.24, 2.45) is 0 Å². The van der Waals surface area contributed by atoms with E-state index in [1.807, 2.05) is 73.7 Å². The topological polar surface area (TPSA) is 97.0 Å². The summed E-state index contributed by atoms with van der Waals surface area (Å²) >= 11 is 1.18. The molecular formula is C34H31N3O5S. The quantitative estimate of drug-likeness (QED) is 0.190. The van der Waals surface area contributed by atoms with E-state index in [9.17, 15) is 14.4 Å². The molecule has 0 saturated heterocycles. The van der Waals surface area contributed by atoms with Gasteiger partial charge in [-0.05, 0) is 67.4 Å². The number of hydrogen-bond donors (Lipinski definition) is 2. The minimum absolute atomic E-state index is 0.0859. The average molecular weight is 594 g/mol. The van der Waals surface area contributed by atoms with Gasteiger partial charge in [0.1, 0.15) is 22.1 Å². The molecule has 0 saturated carbocycles. The van der Waals surface area contributed by atoms with Crippen LogP contribution in [-0.2, 0) is 20.8 Å². The molecule has 1 aliphatic heterocycles. The van der Waals surface area contributed by atoms with Gasteiger partial charge < -0.3 is 20.1 Å². The number of carbonyl (C=O) groups is 3. The molecule has 3 amide bonds. The SMILES string of the molecule is COc1ccc(N2C(=O)C(Nc3ccc(C)cc3)=C(Sc3ccc(NC(=O)CCc4ccccc4)cc3)C2=O)c(OC)c1. The molecule has 0 unspecified atom stereocenters. The molecule has 1 heterocycles. The monoisotopic (exact) mass is 593 g/mol. The van der Waals surface area contributed by atoms with E-state index in [0.29, 0.717) is 41.4 Å². The molecule has 1 aliphatic rings. The highest BCUT2D eigenvalue weighted by Crippen LogP contribution is 2.41. The lowest BCUT2D eigenvalue weighted by Crippen LogP contribution is -2.32. The van der Waals surface area contributed by atoms with Crippen LogP contribution in [0, 0.1) is 6.92 Å². The number of carbonyl (C=O) groups excluding carboxylic acids is 3. The summed E-state index contributed by atoms with van der Waals surface area (Å²) in [7, 11) is 3.00. The molecule has 43 heavy (non-hydrogen) atoms. The normalized spacial score (nSPS) is 12.9. The summed E-state index contributed by atoms with van der Waals surface area (Å²) in [6.07, 6.45) is 1.01. The lowest BCUT2D eigenvalue weighted by molar-refractivity contribution is -0.120. The lowest BCUT2D eigenvalue weighted by atomic mass is 10.1. The van der Waals surface area contributed by atoms with Crippen LogP contribution in [0.25, 0.3) is 0 Å². The van der Waals surface area contributed by atoms with Crippen LogP contribution in [0.4, 0.5) is 17.1 Å². The molecule has 0 bridgehead atoms. The van der Waals surface area contributed by atoms with Gasteiger partial charge in [-0.25, -0.2) is 4.90 Å². The van der Waals surface area contributed by atoms with Gasteiger partial charge in [0, 0.05) is 28.8 Å². The highest BCUT2D eigenvalue weighted by molar-refractivity contribution is 8.04. The molecule has 4 aromatic rings. The Morgan fingerprint density at radius 2 is 1.51 bits per heavy atom. The molecule has 8 nitrogen and oxygen atoms in total. The number of imide groups is 1. The minimum atomic E-state index is -0.501. The minimum Gasteiger partial charge on any atom is -0.497 e. The predicted octanol–water partition coefficient (Wildman–Crippen LogP) is 6.57. The number of ether oxygens (including phenoxy) is 2. The van der Waals surface area contributed by atoms with E-state index in [1.165, 1.54) is 26.0 Å². The molecule has 5 rings (SSSR count). The Morgan fingerprint density at radius 3 is 2.19 bits per heavy atom. The first-order chi connectivity index (χ1) is 20.9. The van der Waals surface area contributed by atoms with Gasteiger partial charge in [-0.2, -0.15) is 0 Å². The van der Waals surface area contributed by atoms with Crippen molar-refractivity contribution in [3.8, 4) is 11.5 Å². The van der Waals surface area contributed by atoms with Crippen molar-refractivity contribution < 1.29 is 23.9 Å². The van der Waals surface area contributed by atoms with Gasteiger partial charge >= 0.3 is 0 Å². The van der Waals surface area contributed by atoms with Gasteiger partial charge in [-0.15, -0.1) is 0 Å². The molecule has 9 heteroatoms. The largest absolute Gasteiger partial charge is 0.497 e. The van der Waals surface area contributed by atoms with Gasteiger partial charge in [-0.1, -0.05) is 59.8 Å². The van der Waals surface area contributed by atoms with Crippen LogP contribution >= 0.6 is 11.8 Å². The van der Waals surface area contributed by atoms with Gasteiger partial charge in [0.2, 0.25) is 5.91 Å². The molecule has 218 valence electrons. The molecule has 0 aliphatic carbocycles. The molecule has 4 aromatic carbocycles. The maximum atomic E-state index is 13.8. The summed E-state index contributed by atoms with van der Waals surface area (Å²) in [4.78, 5) is 42.2. The summed E-state index contributed by atoms with van der Waals surface area (Å²) < 4.78 is 10.8. The second-order valence-electron chi connectivity index (χ2n) is 9.84. The summed E-state index contributed by atoms with van der Waals surface area (Å²) in [5.74, 6) is -0.204. The van der Waals surface area contributed by atoms with E-state index >= 15 is 0 Å². The third kappa shape index (κ3) is 6.90. The van der Waals surface area contributed by atoms with Crippen molar-refractivity contribution in [1.82, 2.24) is 0 Å². The van der Waals surface area contributed by atoms with E-state index in [-0.39, 0.29) is 16.5 Å². The van der Waals surface area contributed by atoms with Gasteiger partial charge in [0.05, 0.1) is 19.9 Å². The number of nitrogens with one attached hydrogen (secondary N) is 2. The van der Waals surface area contributed by atoms with Crippen molar-refractivity contribution in [2.75, 3.05) is 29.8 Å². The number of thioether (sulfide) groups is 1. The maximum Gasteiger partial charge on any atom is 0.283 e. The lowest BCUT2D eigenvalue weighted by Gasteiger charge is -2.19. The van der Waals surface area contributed by atoms with Crippen LogP contribution in [0.3, 0.4) is 0 Å². The first-order valence-corrected chi connectivity index (χ1v) is 14.5. The first-order valence-electron chi connectivity index (χ1n) is 13.7. The smallest absolute Gasteiger partial charge is 0.283 e. The first kappa shape index (κ1) is 29.5. The molecule has 0 fully saturated rings. The van der Waals surface area contributed by atoms with Crippen LogP contribution in [0.15, 0.2) is 113 Å². The van der Waals surface area contributed by atoms with Gasteiger partial charge in [0.15, 0.2) is 0 Å². The van der Waals surface area contributed by atoms with Crippen molar-refractivity contribution in [3.63, 3.8) is 0 Å². The zero-order valence-corrected chi connectivity index (χ0v) is 24.9. The fourth-order valence-electron chi connectivity index (χ4n) is 4.53. The zero-order valence-electron chi connectivity index (χ0n) is 24.0. The summed E-state index contributed by atoms with van der Waals surface area (Å²) in [5.41, 5.74) is 3.97. The highest BCUT2D eigenvalue weighted by Gasteiger charge is 2.41. The van der Waals surface area contributed by atoms with Crippen molar-refractivity contribution >= 4 is 46.5 Å². The van der Waals surface area contributed by atoms with E-state index in [1.54, 1.807) is 30.3 Å². The molecular weight excluding hydrogens is 562 g/mol. The third-order valence-corrected chi connectivity index (χ3v) is 7.92. The molecule has 0 atom stereocenters. The van der Waals surface area contributed by atoms with Gasteiger partial charge in [-0.3, -0.25) is 14.4 Å². The summed E-state index contributed by atoms with van der Waals surface area (Å²) in [5, 5.41) is 6.09. The second kappa shape index (κ2) is 13.3. The standard InChI is InChI=1S/C34H31N3O5S/c1-22-9-12-25(13-10-22)36-31-32(34(40)37(33(31)39)28-19-16-26(41-2)21-29(28)42-3)43-27-17-14-24(15-18-27)35-30(38)20-11-23-7-5-4-6-8-23/h4-10,12-19,21,36H,11,20H2,1-3H3,(H,35,38). The van der Waals surface area contributed by atoms with E-state index in [2.05, 4.69) is 10.6 Å². The Morgan fingerprint density at radius 1 is 0.814 bits per heavy atom. The van der Waals surface area contributed by atoms with E-state index in [0.717, 1.165) is 20.9 Å². The molecule has 2 N–H and O–H groups in total. The Hall–Kier alpha value is -5.02. The summed E-state index contributed by atoms with van der Waals surface area (Å²) in [6, 6.07) is 29.5. The van der Waals surface area contributed by atoms with Crippen LogP contribution in [0.2, 0.25) is 0 Å². The molecule has 0 radical (unpaired) electrons. The number of anilines is 3. The number of rotatable bonds is 11.